The highest BCUT2D eigenvalue weighted by molar-refractivity contribution is 5.98. The molecule has 0 aromatic carbocycles. The highest BCUT2D eigenvalue weighted by Crippen LogP contribution is 2.03. The molecule has 45 heavy (non-hydrogen) atoms. The Labute approximate surface area is 247 Å². The topological polar surface area (TPSA) is 358 Å². The summed E-state index contributed by atoms with van der Waals surface area (Å²) in [4.78, 5) is 131. The molecule has 0 saturated heterocycles. The molecule has 0 unspecified atom stereocenters. The first-order valence-electron chi connectivity index (χ1n) is 12.1. The summed E-state index contributed by atoms with van der Waals surface area (Å²) >= 11 is 0. The predicted octanol–water partition coefficient (Wildman–Crippen LogP) is -5.40. The normalized spacial score (nSPS) is 13.2. The van der Waals surface area contributed by atoms with E-state index in [1.54, 1.807) is 16.0 Å². The lowest BCUT2D eigenvalue weighted by Crippen LogP contribution is -2.59. The van der Waals surface area contributed by atoms with E-state index >= 15 is 0 Å². The van der Waals surface area contributed by atoms with Gasteiger partial charge in [0.05, 0.1) is 31.9 Å². The first-order chi connectivity index (χ1) is 20.8. The number of aromatic nitrogens is 2. The lowest BCUT2D eigenvalue weighted by Gasteiger charge is -2.24. The van der Waals surface area contributed by atoms with Crippen molar-refractivity contribution in [3.63, 3.8) is 0 Å². The number of halogens is 1. The third-order valence-corrected chi connectivity index (χ3v) is 5.33. The first kappa shape index (κ1) is 36.9. The molecule has 23 heteroatoms. The van der Waals surface area contributed by atoms with Gasteiger partial charge in [0.25, 0.3) is 5.56 Å². The number of hydrogen-bond donors (Lipinski definition) is 10. The van der Waals surface area contributed by atoms with Crippen LogP contribution in [0, 0.1) is 5.82 Å². The number of carboxylic acid groups (broad SMARTS) is 5. The van der Waals surface area contributed by atoms with Crippen molar-refractivity contribution in [3.05, 3.63) is 32.9 Å². The van der Waals surface area contributed by atoms with Crippen molar-refractivity contribution in [3.8, 4) is 0 Å². The fourth-order valence-electron chi connectivity index (χ4n) is 3.34. The van der Waals surface area contributed by atoms with Crippen LogP contribution in [0.1, 0.15) is 25.7 Å². The quantitative estimate of drug-likeness (QED) is 0.0710. The molecule has 10 N–H and O–H groups in total. The third-order valence-electron chi connectivity index (χ3n) is 5.33. The molecule has 1 heterocycles. The predicted molar refractivity (Wildman–Crippen MR) is 136 cm³/mol. The molecule has 0 aliphatic heterocycles. The van der Waals surface area contributed by atoms with Gasteiger partial charge in [0.2, 0.25) is 29.4 Å². The van der Waals surface area contributed by atoms with E-state index in [0.717, 1.165) is 0 Å². The van der Waals surface area contributed by atoms with E-state index in [0.29, 0.717) is 10.8 Å². The number of aliphatic carboxylic acids is 5. The Kier molecular flexibility index (Phi) is 13.5. The number of nitrogens with one attached hydrogen (secondary N) is 5. The largest absolute Gasteiger partial charge is 0.481 e. The van der Waals surface area contributed by atoms with Gasteiger partial charge in [-0.25, -0.2) is 9.59 Å². The number of aromatic amines is 1. The smallest absolute Gasteiger partial charge is 0.328 e. The van der Waals surface area contributed by atoms with E-state index in [1.165, 1.54) is 4.98 Å². The molecule has 1 aromatic heterocycles. The lowest BCUT2D eigenvalue weighted by atomic mass is 10.1. The van der Waals surface area contributed by atoms with E-state index in [9.17, 15) is 62.2 Å². The zero-order valence-corrected chi connectivity index (χ0v) is 22.5. The molecule has 0 aliphatic rings. The van der Waals surface area contributed by atoms with Gasteiger partial charge >= 0.3 is 35.5 Å². The summed E-state index contributed by atoms with van der Waals surface area (Å²) in [5.41, 5.74) is -2.67. The fourth-order valence-corrected chi connectivity index (χ4v) is 3.34. The summed E-state index contributed by atoms with van der Waals surface area (Å²) in [6.45, 7) is -1.06. The van der Waals surface area contributed by atoms with Crippen LogP contribution in [0.25, 0.3) is 0 Å². The zero-order chi connectivity index (χ0) is 34.6. The first-order valence-corrected chi connectivity index (χ1v) is 12.1. The Balaban J connectivity index is 3.19. The number of nitrogens with zero attached hydrogens (tertiary/aromatic N) is 1. The fraction of sp³-hybridized carbons (Fsp3) is 0.409. The number of hydrogen-bond acceptors (Lipinski definition) is 11. The zero-order valence-electron chi connectivity index (χ0n) is 22.5. The van der Waals surface area contributed by atoms with Gasteiger partial charge in [0.1, 0.15) is 30.7 Å². The lowest BCUT2D eigenvalue weighted by molar-refractivity contribution is -0.148. The number of carbonyl (C=O) groups excluding carboxylic acids is 4. The summed E-state index contributed by atoms with van der Waals surface area (Å²) < 4.78 is 13.8. The average Bonchev–Trinajstić information content (AvgIpc) is 2.88. The Morgan fingerprint density at radius 3 is 1.38 bits per heavy atom. The highest BCUT2D eigenvalue weighted by Gasteiger charge is 2.34. The summed E-state index contributed by atoms with van der Waals surface area (Å²) in [6, 6.07) is -8.49. The van der Waals surface area contributed by atoms with Crippen molar-refractivity contribution in [2.24, 2.45) is 0 Å². The summed E-state index contributed by atoms with van der Waals surface area (Å²) in [7, 11) is 0. The number of H-pyrrole nitrogens is 1. The molecule has 0 saturated carbocycles. The highest BCUT2D eigenvalue weighted by atomic mass is 19.1. The van der Waals surface area contributed by atoms with Crippen molar-refractivity contribution in [1.82, 2.24) is 30.8 Å². The Hall–Kier alpha value is -6.16. The molecule has 0 spiro atoms. The van der Waals surface area contributed by atoms with E-state index in [4.69, 9.17) is 20.4 Å². The molecule has 1 rings (SSSR count). The van der Waals surface area contributed by atoms with E-state index < -0.39 is 127 Å². The summed E-state index contributed by atoms with van der Waals surface area (Å²) in [5, 5.41) is 52.4. The maximum Gasteiger partial charge on any atom is 0.328 e. The minimum Gasteiger partial charge on any atom is -0.481 e. The minimum atomic E-state index is -2.18. The van der Waals surface area contributed by atoms with Crippen molar-refractivity contribution < 1.29 is 73.1 Å². The Morgan fingerprint density at radius 1 is 0.644 bits per heavy atom. The van der Waals surface area contributed by atoms with Gasteiger partial charge in [-0.1, -0.05) is 0 Å². The third kappa shape index (κ3) is 12.7. The van der Waals surface area contributed by atoms with E-state index in [2.05, 4.69) is 0 Å². The molecule has 1 aromatic rings. The number of rotatable bonds is 18. The number of carbonyl (C=O) groups is 9. The second-order valence-electron chi connectivity index (χ2n) is 8.90. The van der Waals surface area contributed by atoms with Crippen molar-refractivity contribution in [2.45, 2.75) is 56.4 Å². The Morgan fingerprint density at radius 2 is 1.00 bits per heavy atom. The van der Waals surface area contributed by atoms with Gasteiger partial charge in [0.15, 0.2) is 0 Å². The monoisotopic (exact) mass is 648 g/mol. The van der Waals surface area contributed by atoms with Crippen LogP contribution < -0.4 is 32.5 Å². The van der Waals surface area contributed by atoms with Crippen LogP contribution in [0.15, 0.2) is 15.8 Å². The molecule has 0 aliphatic carbocycles. The van der Waals surface area contributed by atoms with E-state index in [-0.39, 0.29) is 0 Å². The standard InChI is InChI=1S/C22H25FN6O16/c23-7-5-29(22(45)28-17(7)39)6-12(30)24-8(1-13(31)32)18(40)25-9(2-14(33)34)19(41)26-10(3-15(35)36)20(42)27-11(21(43)44)4-16(37)38/h5,8-11H,1-4,6H2,(H,24,30)(H,25,40)(H,26,41)(H,27,42)(H,31,32)(H,33,34)(H,35,36)(H,37,38)(H,43,44)(H,28,39,45)/t8-,9-,10-,11-/m0/s1. The van der Waals surface area contributed by atoms with Crippen LogP contribution in [-0.2, 0) is 49.7 Å². The average molecular weight is 648 g/mol. The van der Waals surface area contributed by atoms with Gasteiger partial charge < -0.3 is 46.8 Å². The van der Waals surface area contributed by atoms with Gasteiger partial charge in [-0.05, 0) is 0 Å². The van der Waals surface area contributed by atoms with Crippen LogP contribution in [0.5, 0.6) is 0 Å². The number of amides is 4. The molecular formula is C22H25FN6O16. The van der Waals surface area contributed by atoms with Gasteiger partial charge in [-0.2, -0.15) is 4.39 Å². The molecule has 4 atom stereocenters. The molecular weight excluding hydrogens is 623 g/mol. The molecule has 0 radical (unpaired) electrons. The SMILES string of the molecule is O=C(O)C[C@H](NC(=O)[C@H](CC(=O)O)NC(=O)[C@H](CC(=O)O)NC(=O)[C@H](CC(=O)O)NC(=O)Cn1cc(F)c(=O)[nH]c1=O)C(=O)O. The molecule has 246 valence electrons. The molecule has 22 nitrogen and oxygen atoms in total. The van der Waals surface area contributed by atoms with E-state index in [1.807, 2.05) is 5.32 Å². The van der Waals surface area contributed by atoms with Crippen LogP contribution >= 0.6 is 0 Å². The van der Waals surface area contributed by atoms with Crippen LogP contribution in [-0.4, -0.2) is 113 Å². The van der Waals surface area contributed by atoms with Crippen molar-refractivity contribution in [1.29, 1.82) is 0 Å². The maximum atomic E-state index is 13.5. The second kappa shape index (κ2) is 16.5. The Bertz CT molecular complexity index is 1500. The van der Waals surface area contributed by atoms with Gasteiger partial charge in [-0.3, -0.25) is 52.7 Å². The minimum absolute atomic E-state index is 0.338. The summed E-state index contributed by atoms with van der Waals surface area (Å²) in [5.74, 6) is -16.1. The maximum absolute atomic E-state index is 13.5. The molecule has 0 fully saturated rings. The van der Waals surface area contributed by atoms with Crippen LogP contribution in [0.2, 0.25) is 0 Å². The van der Waals surface area contributed by atoms with Crippen molar-refractivity contribution in [2.75, 3.05) is 0 Å². The molecule has 0 bridgehead atoms. The van der Waals surface area contributed by atoms with Crippen LogP contribution in [0.3, 0.4) is 0 Å². The second-order valence-corrected chi connectivity index (χ2v) is 8.90. The van der Waals surface area contributed by atoms with Crippen LogP contribution in [0.4, 0.5) is 4.39 Å². The van der Waals surface area contributed by atoms with Gasteiger partial charge in [-0.15, -0.1) is 0 Å². The van der Waals surface area contributed by atoms with Crippen molar-refractivity contribution >= 4 is 53.5 Å². The summed E-state index contributed by atoms with van der Waals surface area (Å²) in [6.07, 6.45) is -4.53. The van der Waals surface area contributed by atoms with Gasteiger partial charge in [0, 0.05) is 0 Å². The number of carboxylic acids is 5. The molecule has 4 amide bonds.